The minimum Gasteiger partial charge on any atom is -0.459 e. The topological polar surface area (TPSA) is 110 Å². The Balaban J connectivity index is 1.41. The zero-order valence-corrected chi connectivity index (χ0v) is 36.6. The number of unbranched alkanes of at least 4 members (excludes halogenated alkanes) is 2. The highest BCUT2D eigenvalue weighted by molar-refractivity contribution is 7.98. The summed E-state index contributed by atoms with van der Waals surface area (Å²) in [5.74, 6) is 0.422. The van der Waals surface area contributed by atoms with Crippen molar-refractivity contribution in [3.8, 4) is 17.2 Å². The number of oxime groups is 1. The molecule has 6 atom stereocenters. The van der Waals surface area contributed by atoms with Gasteiger partial charge in [0.1, 0.15) is 36.2 Å². The van der Waals surface area contributed by atoms with Crippen LogP contribution in [-0.2, 0) is 20.9 Å². The van der Waals surface area contributed by atoms with Crippen molar-refractivity contribution in [3.05, 3.63) is 108 Å². The fourth-order valence-corrected chi connectivity index (χ4v) is 10.9. The van der Waals surface area contributed by atoms with Gasteiger partial charge in [-0.05, 0) is 122 Å². The van der Waals surface area contributed by atoms with E-state index in [-0.39, 0.29) is 55.8 Å². The molecule has 0 radical (unpaired) electrons. The van der Waals surface area contributed by atoms with Crippen LogP contribution < -0.4 is 9.47 Å². The third kappa shape index (κ3) is 10.2. The number of aliphatic hydroxyl groups excluding tert-OH is 2. The highest BCUT2D eigenvalue weighted by atomic mass is 32.2. The third-order valence-electron chi connectivity index (χ3n) is 13.3. The largest absolute Gasteiger partial charge is 0.459 e. The second kappa shape index (κ2) is 21.3. The smallest absolute Gasteiger partial charge is 0.239 e. The van der Waals surface area contributed by atoms with E-state index in [1.54, 1.807) is 37.1 Å². The molecule has 1 heterocycles. The number of hydrogen-bond acceptors (Lipinski definition) is 9. The number of rotatable bonds is 21. The monoisotopic (exact) mass is 854 g/mol. The van der Waals surface area contributed by atoms with Crippen LogP contribution in [0.25, 0.3) is 0 Å². The summed E-state index contributed by atoms with van der Waals surface area (Å²) >= 11 is 1.68. The molecular weight excluding hydrogens is 792 g/mol. The number of halogens is 1. The van der Waals surface area contributed by atoms with Gasteiger partial charge in [0.05, 0.1) is 18.2 Å². The summed E-state index contributed by atoms with van der Waals surface area (Å²) in [5.41, 5.74) is 3.50. The van der Waals surface area contributed by atoms with Gasteiger partial charge in [0.25, 0.3) is 0 Å². The van der Waals surface area contributed by atoms with Gasteiger partial charge < -0.3 is 34.2 Å². The molecule has 0 aromatic heterocycles. The zero-order chi connectivity index (χ0) is 42.8. The molecule has 7 rings (SSSR count). The summed E-state index contributed by atoms with van der Waals surface area (Å²) in [6.07, 6.45) is 17.0. The van der Waals surface area contributed by atoms with Crippen molar-refractivity contribution in [3.63, 3.8) is 0 Å². The van der Waals surface area contributed by atoms with Crippen LogP contribution in [0.3, 0.4) is 0 Å². The van der Waals surface area contributed by atoms with Gasteiger partial charge in [0.15, 0.2) is 0 Å². The zero-order valence-electron chi connectivity index (χ0n) is 35.8. The maximum atomic E-state index is 15.0. The van der Waals surface area contributed by atoms with Gasteiger partial charge in [-0.3, -0.25) is 4.79 Å². The lowest BCUT2D eigenvalue weighted by molar-refractivity contribution is -0.258. The van der Waals surface area contributed by atoms with Gasteiger partial charge in [0.2, 0.25) is 11.7 Å². The molecule has 2 N–H and O–H groups in total. The molecule has 0 spiro atoms. The van der Waals surface area contributed by atoms with Crippen molar-refractivity contribution >= 4 is 23.4 Å². The van der Waals surface area contributed by atoms with Gasteiger partial charge >= 0.3 is 0 Å². The van der Waals surface area contributed by atoms with Crippen molar-refractivity contribution in [1.29, 1.82) is 0 Å². The predicted octanol–water partition coefficient (Wildman–Crippen LogP) is 10.6. The number of thioether (sulfide) groups is 1. The van der Waals surface area contributed by atoms with Crippen molar-refractivity contribution in [1.82, 2.24) is 4.90 Å². The number of nitrogens with zero attached hydrogens (tertiary/aromatic N) is 2. The van der Waals surface area contributed by atoms with Gasteiger partial charge in [-0.25, -0.2) is 4.39 Å². The standard InChI is InChI=1S/C50H63FN2O7S/c1-4-29-58-50-46(53(33-35-15-18-37(51)19-16-35)47(56)26-17-34-11-5-6-12-34)32-44(52-57-2)42-30-36(13-7-9-27-54)41(14-8-10-28-55)48(49(42)50)43-31-39(22-25-45(43)60-50)59-38-20-23-40(61-3)24-21-38/h4,15-16,18-25,30-31,34,36,41,46,48-49,54-55H,1,5-14,17,26-29,32-33H2,2-3H3/t36-,41+,46-,48+,49+,50+/m0/s1. The van der Waals surface area contributed by atoms with Crippen LogP contribution in [0.2, 0.25) is 0 Å². The third-order valence-corrected chi connectivity index (χ3v) is 14.1. The summed E-state index contributed by atoms with van der Waals surface area (Å²) < 4.78 is 35.4. The van der Waals surface area contributed by atoms with Crippen molar-refractivity contribution in [2.24, 2.45) is 28.8 Å². The molecule has 0 bridgehead atoms. The van der Waals surface area contributed by atoms with Crippen LogP contribution >= 0.6 is 11.8 Å². The fraction of sp³-hybridized carbons (Fsp3) is 0.520. The summed E-state index contributed by atoms with van der Waals surface area (Å²) in [5, 5.41) is 24.6. The number of amides is 1. The van der Waals surface area contributed by atoms with E-state index < -0.39 is 17.7 Å². The molecule has 0 unspecified atom stereocenters. The molecule has 11 heteroatoms. The molecule has 0 saturated heterocycles. The Labute approximate surface area is 365 Å². The predicted molar refractivity (Wildman–Crippen MR) is 238 cm³/mol. The first kappa shape index (κ1) is 44.9. The fourth-order valence-electron chi connectivity index (χ4n) is 10.5. The number of benzene rings is 3. The molecule has 4 aliphatic rings. The highest BCUT2D eigenvalue weighted by Crippen LogP contribution is 2.62. The summed E-state index contributed by atoms with van der Waals surface area (Å²) in [6, 6.07) is 19.8. The van der Waals surface area contributed by atoms with Crippen LogP contribution in [-0.4, -0.2) is 71.7 Å². The lowest BCUT2D eigenvalue weighted by atomic mass is 9.55. The molecule has 1 aliphatic heterocycles. The average Bonchev–Trinajstić information content (AvgIpc) is 3.81. The van der Waals surface area contributed by atoms with Crippen LogP contribution in [0.1, 0.15) is 101 Å². The first-order valence-corrected chi connectivity index (χ1v) is 23.5. The first-order valence-electron chi connectivity index (χ1n) is 22.3. The number of fused-ring (bicyclic) bond motifs is 2. The minimum absolute atomic E-state index is 0.00799. The second-order valence-electron chi connectivity index (χ2n) is 17.1. The second-order valence-corrected chi connectivity index (χ2v) is 17.9. The summed E-state index contributed by atoms with van der Waals surface area (Å²) in [6.45, 7) is 4.68. The number of allylic oxidation sites excluding steroid dienone is 1. The highest BCUT2D eigenvalue weighted by Gasteiger charge is 2.65. The molecule has 2 fully saturated rings. The lowest BCUT2D eigenvalue weighted by Crippen LogP contribution is -2.70. The molecule has 3 aromatic rings. The average molecular weight is 855 g/mol. The lowest BCUT2D eigenvalue weighted by Gasteiger charge is -2.60. The molecule has 328 valence electrons. The van der Waals surface area contributed by atoms with Gasteiger partial charge in [-0.15, -0.1) is 18.3 Å². The number of aliphatic hydroxyl groups is 2. The molecular formula is C50H63FN2O7S. The van der Waals surface area contributed by atoms with Gasteiger partial charge in [-0.1, -0.05) is 68.0 Å². The Hall–Kier alpha value is -4.16. The number of ether oxygens (including phenoxy) is 3. The van der Waals surface area contributed by atoms with E-state index in [0.717, 1.165) is 78.0 Å². The Kier molecular flexibility index (Phi) is 15.7. The van der Waals surface area contributed by atoms with E-state index in [2.05, 4.69) is 18.7 Å². The van der Waals surface area contributed by atoms with Crippen molar-refractivity contribution in [2.75, 3.05) is 33.2 Å². The van der Waals surface area contributed by atoms with E-state index in [9.17, 15) is 19.4 Å². The maximum Gasteiger partial charge on any atom is 0.239 e. The van der Waals surface area contributed by atoms with Crippen molar-refractivity contribution < 1.29 is 38.4 Å². The van der Waals surface area contributed by atoms with E-state index in [1.807, 2.05) is 47.6 Å². The van der Waals surface area contributed by atoms with E-state index >= 15 is 0 Å². The molecule has 2 saturated carbocycles. The minimum atomic E-state index is -1.38. The molecule has 9 nitrogen and oxygen atoms in total. The SMILES string of the molecule is C=CCO[C@@]12Oc3ccc(Oc4ccc(SC)cc4)cc3[C@H]3[C@H](CCCCO)[C@@H](CCCCO)C=C(C(=NOC)C[C@@H]1N(Cc1ccc(F)cc1)C(=O)CCC1CCCC1)[C@H]32. The Morgan fingerprint density at radius 2 is 1.70 bits per heavy atom. The molecule has 1 amide bonds. The summed E-state index contributed by atoms with van der Waals surface area (Å²) in [7, 11) is 1.56. The van der Waals surface area contributed by atoms with E-state index in [4.69, 9.17) is 24.2 Å². The Bertz CT molecular complexity index is 1980. The molecule has 61 heavy (non-hydrogen) atoms. The molecule has 3 aliphatic carbocycles. The van der Waals surface area contributed by atoms with E-state index in [0.29, 0.717) is 43.1 Å². The number of hydrogen-bond donors (Lipinski definition) is 2. The number of carbonyl (C=O) groups is 1. The van der Waals surface area contributed by atoms with Gasteiger partial charge in [-0.2, -0.15) is 0 Å². The Morgan fingerprint density at radius 3 is 2.39 bits per heavy atom. The van der Waals surface area contributed by atoms with Crippen LogP contribution in [0.15, 0.2) is 101 Å². The van der Waals surface area contributed by atoms with Gasteiger partial charge in [0, 0.05) is 49.0 Å². The first-order chi connectivity index (χ1) is 29.8. The van der Waals surface area contributed by atoms with Crippen LogP contribution in [0.5, 0.6) is 17.2 Å². The number of carbonyl (C=O) groups excluding carboxylic acids is 1. The summed E-state index contributed by atoms with van der Waals surface area (Å²) in [4.78, 5) is 23.7. The van der Waals surface area contributed by atoms with Crippen LogP contribution in [0.4, 0.5) is 4.39 Å². The quantitative estimate of drug-likeness (QED) is 0.0472. The molecule has 3 aromatic carbocycles. The maximum absolute atomic E-state index is 15.0. The normalized spacial score (nSPS) is 25.0. The van der Waals surface area contributed by atoms with E-state index in [1.165, 1.54) is 25.0 Å². The Morgan fingerprint density at radius 1 is 0.984 bits per heavy atom. The van der Waals surface area contributed by atoms with Crippen LogP contribution in [0, 0.1) is 29.5 Å². The van der Waals surface area contributed by atoms with Crippen molar-refractivity contribution in [2.45, 2.75) is 113 Å².